The second kappa shape index (κ2) is 5.65. The number of hydrogen-bond acceptors (Lipinski definition) is 2. The molecule has 1 atom stereocenters. The minimum absolute atomic E-state index is 0.0237. The van der Waals surface area contributed by atoms with Gasteiger partial charge in [0.2, 0.25) is 0 Å². The summed E-state index contributed by atoms with van der Waals surface area (Å²) in [6, 6.07) is 1.37. The van der Waals surface area contributed by atoms with E-state index in [9.17, 15) is 13.6 Å². The molecule has 1 N–H and O–H groups in total. The van der Waals surface area contributed by atoms with E-state index in [2.05, 4.69) is 5.32 Å². The van der Waals surface area contributed by atoms with E-state index >= 15 is 0 Å². The van der Waals surface area contributed by atoms with Crippen LogP contribution in [0.5, 0.6) is 0 Å². The predicted molar refractivity (Wildman–Crippen MR) is 67.1 cm³/mol. The van der Waals surface area contributed by atoms with E-state index in [1.807, 2.05) is 0 Å². The van der Waals surface area contributed by atoms with Crippen LogP contribution in [0, 0.1) is 25.5 Å². The summed E-state index contributed by atoms with van der Waals surface area (Å²) < 4.78 is 32.3. The van der Waals surface area contributed by atoms with Crippen LogP contribution in [0.2, 0.25) is 0 Å². The molecule has 1 aliphatic rings. The Morgan fingerprint density at radius 3 is 2.79 bits per heavy atom. The van der Waals surface area contributed by atoms with Crippen molar-refractivity contribution in [1.82, 2.24) is 5.32 Å². The number of carbonyl (C=O) groups is 1. The molecule has 0 radical (unpaired) electrons. The van der Waals surface area contributed by atoms with Crippen molar-refractivity contribution in [3.63, 3.8) is 0 Å². The Bertz CT molecular complexity index is 497. The average molecular weight is 269 g/mol. The van der Waals surface area contributed by atoms with E-state index < -0.39 is 17.5 Å². The smallest absolute Gasteiger partial charge is 0.251 e. The first kappa shape index (κ1) is 13.9. The van der Waals surface area contributed by atoms with Crippen LogP contribution in [0.15, 0.2) is 6.07 Å². The van der Waals surface area contributed by atoms with Gasteiger partial charge in [-0.05, 0) is 38.3 Å². The lowest BCUT2D eigenvalue weighted by Crippen LogP contribution is -2.32. The molecule has 3 nitrogen and oxygen atoms in total. The van der Waals surface area contributed by atoms with E-state index in [-0.39, 0.29) is 22.8 Å². The van der Waals surface area contributed by atoms with E-state index in [0.717, 1.165) is 12.8 Å². The van der Waals surface area contributed by atoms with Gasteiger partial charge in [-0.25, -0.2) is 8.78 Å². The summed E-state index contributed by atoms with van der Waals surface area (Å²) >= 11 is 0. The molecule has 1 unspecified atom stereocenters. The number of aryl methyl sites for hydroxylation is 1. The zero-order valence-electron chi connectivity index (χ0n) is 11.1. The van der Waals surface area contributed by atoms with Crippen LogP contribution >= 0.6 is 0 Å². The van der Waals surface area contributed by atoms with Crippen molar-refractivity contribution in [1.29, 1.82) is 0 Å². The molecular formula is C14H17F2NO2. The first-order chi connectivity index (χ1) is 9.00. The molecular weight excluding hydrogens is 252 g/mol. The lowest BCUT2D eigenvalue weighted by Gasteiger charge is -2.13. The first-order valence-corrected chi connectivity index (χ1v) is 6.35. The van der Waals surface area contributed by atoms with Crippen LogP contribution in [0.3, 0.4) is 0 Å². The zero-order valence-corrected chi connectivity index (χ0v) is 11.1. The topological polar surface area (TPSA) is 38.3 Å². The molecule has 0 bridgehead atoms. The molecule has 0 aliphatic carbocycles. The highest BCUT2D eigenvalue weighted by atomic mass is 19.2. The SMILES string of the molecule is Cc1cc(C(=O)NCC2CCCO2)c(C)c(F)c1F. The number of hydrogen-bond donors (Lipinski definition) is 1. The highest BCUT2D eigenvalue weighted by molar-refractivity contribution is 5.95. The molecule has 1 heterocycles. The highest BCUT2D eigenvalue weighted by Gasteiger charge is 2.20. The molecule has 19 heavy (non-hydrogen) atoms. The summed E-state index contributed by atoms with van der Waals surface area (Å²) in [5, 5.41) is 2.70. The number of amides is 1. The average Bonchev–Trinajstić information content (AvgIpc) is 2.91. The summed E-state index contributed by atoms with van der Waals surface area (Å²) in [4.78, 5) is 12.0. The maximum absolute atomic E-state index is 13.6. The van der Waals surface area contributed by atoms with Crippen LogP contribution < -0.4 is 5.32 Å². The Morgan fingerprint density at radius 1 is 1.42 bits per heavy atom. The molecule has 0 aromatic heterocycles. The van der Waals surface area contributed by atoms with Gasteiger partial charge in [-0.1, -0.05) is 0 Å². The fourth-order valence-corrected chi connectivity index (χ4v) is 2.19. The Morgan fingerprint density at radius 2 is 2.16 bits per heavy atom. The van der Waals surface area contributed by atoms with Crippen LogP contribution in [0.4, 0.5) is 8.78 Å². The highest BCUT2D eigenvalue weighted by Crippen LogP contribution is 2.20. The maximum Gasteiger partial charge on any atom is 0.251 e. The standard InChI is InChI=1S/C14H17F2NO2/c1-8-6-11(9(2)13(16)12(8)15)14(18)17-7-10-4-3-5-19-10/h6,10H,3-5,7H2,1-2H3,(H,17,18). The number of benzene rings is 1. The number of carbonyl (C=O) groups excluding carboxylic acids is 1. The maximum atomic E-state index is 13.6. The fraction of sp³-hybridized carbons (Fsp3) is 0.500. The third kappa shape index (κ3) is 2.92. The van der Waals surface area contributed by atoms with Crippen molar-refractivity contribution in [2.45, 2.75) is 32.8 Å². The second-order valence-corrected chi connectivity index (χ2v) is 4.84. The van der Waals surface area contributed by atoms with E-state index in [1.165, 1.54) is 19.9 Å². The molecule has 2 rings (SSSR count). The summed E-state index contributed by atoms with van der Waals surface area (Å²) in [5.74, 6) is -2.24. The van der Waals surface area contributed by atoms with E-state index in [1.54, 1.807) is 0 Å². The molecule has 1 saturated heterocycles. The van der Waals surface area contributed by atoms with Crippen molar-refractivity contribution >= 4 is 5.91 Å². The minimum Gasteiger partial charge on any atom is -0.376 e. The summed E-state index contributed by atoms with van der Waals surface area (Å²) in [6.45, 7) is 3.95. The van der Waals surface area contributed by atoms with Crippen LogP contribution in [0.1, 0.15) is 34.3 Å². The molecule has 1 fully saturated rings. The third-order valence-corrected chi connectivity index (χ3v) is 3.39. The lowest BCUT2D eigenvalue weighted by molar-refractivity contribution is 0.0856. The third-order valence-electron chi connectivity index (χ3n) is 3.39. The van der Waals surface area contributed by atoms with Gasteiger partial charge < -0.3 is 10.1 Å². The molecule has 1 aliphatic heterocycles. The van der Waals surface area contributed by atoms with Crippen LogP contribution in [0.25, 0.3) is 0 Å². The van der Waals surface area contributed by atoms with Crippen LogP contribution in [-0.4, -0.2) is 25.2 Å². The van der Waals surface area contributed by atoms with Gasteiger partial charge in [0.05, 0.1) is 6.10 Å². The monoisotopic (exact) mass is 269 g/mol. The van der Waals surface area contributed by atoms with Crippen molar-refractivity contribution < 1.29 is 18.3 Å². The zero-order chi connectivity index (χ0) is 14.0. The normalized spacial score (nSPS) is 18.6. The van der Waals surface area contributed by atoms with Gasteiger partial charge in [-0.2, -0.15) is 0 Å². The molecule has 104 valence electrons. The molecule has 5 heteroatoms. The second-order valence-electron chi connectivity index (χ2n) is 4.84. The Labute approximate surface area is 111 Å². The molecule has 1 amide bonds. The molecule has 0 saturated carbocycles. The number of nitrogens with one attached hydrogen (secondary N) is 1. The summed E-state index contributed by atoms with van der Waals surface area (Å²) in [6.07, 6.45) is 1.93. The van der Waals surface area contributed by atoms with E-state index in [0.29, 0.717) is 13.2 Å². The van der Waals surface area contributed by atoms with Gasteiger partial charge in [0, 0.05) is 24.3 Å². The predicted octanol–water partition coefficient (Wildman–Crippen LogP) is 2.49. The Hall–Kier alpha value is -1.49. The first-order valence-electron chi connectivity index (χ1n) is 6.35. The fourth-order valence-electron chi connectivity index (χ4n) is 2.19. The quantitative estimate of drug-likeness (QED) is 0.915. The summed E-state index contributed by atoms with van der Waals surface area (Å²) in [5.41, 5.74) is 0.340. The Balaban J connectivity index is 2.10. The molecule has 1 aromatic rings. The van der Waals surface area contributed by atoms with E-state index in [4.69, 9.17) is 4.74 Å². The molecule has 1 aromatic carbocycles. The van der Waals surface area contributed by atoms with Gasteiger partial charge in [-0.3, -0.25) is 4.79 Å². The van der Waals surface area contributed by atoms with Gasteiger partial charge in [0.25, 0.3) is 5.91 Å². The Kier molecular flexibility index (Phi) is 4.14. The summed E-state index contributed by atoms with van der Waals surface area (Å²) in [7, 11) is 0. The van der Waals surface area contributed by atoms with Gasteiger partial charge >= 0.3 is 0 Å². The lowest BCUT2D eigenvalue weighted by atomic mass is 10.0. The number of ether oxygens (including phenoxy) is 1. The van der Waals surface area contributed by atoms with Crippen molar-refractivity contribution in [3.05, 3.63) is 34.4 Å². The molecule has 0 spiro atoms. The van der Waals surface area contributed by atoms with Crippen molar-refractivity contribution in [2.75, 3.05) is 13.2 Å². The van der Waals surface area contributed by atoms with Gasteiger partial charge in [-0.15, -0.1) is 0 Å². The largest absolute Gasteiger partial charge is 0.376 e. The van der Waals surface area contributed by atoms with Crippen LogP contribution in [-0.2, 0) is 4.74 Å². The van der Waals surface area contributed by atoms with Gasteiger partial charge in [0.1, 0.15) is 0 Å². The number of halogens is 2. The van der Waals surface area contributed by atoms with Crippen molar-refractivity contribution in [2.24, 2.45) is 0 Å². The minimum atomic E-state index is -0.956. The van der Waals surface area contributed by atoms with Gasteiger partial charge in [0.15, 0.2) is 11.6 Å². The van der Waals surface area contributed by atoms with Crippen molar-refractivity contribution in [3.8, 4) is 0 Å². The number of rotatable bonds is 3.